The highest BCUT2D eigenvalue weighted by molar-refractivity contribution is 9.10. The molecule has 0 saturated carbocycles. The number of hydrogen-bond donors (Lipinski definition) is 2. The van der Waals surface area contributed by atoms with Crippen LogP contribution in [-0.2, 0) is 0 Å². The molecule has 1 aromatic rings. The summed E-state index contributed by atoms with van der Waals surface area (Å²) in [5.41, 5.74) is 5.82. The van der Waals surface area contributed by atoms with Crippen molar-refractivity contribution in [1.82, 2.24) is 4.90 Å². The van der Waals surface area contributed by atoms with Crippen LogP contribution in [0.5, 0.6) is 0 Å². The fourth-order valence-electron chi connectivity index (χ4n) is 2.30. The Balaban J connectivity index is 2.22. The van der Waals surface area contributed by atoms with Gasteiger partial charge >= 0.3 is 0 Å². The molecular weight excluding hydrogens is 315 g/mol. The number of benzene rings is 1. The number of carbonyl (C=O) groups excluding carboxylic acids is 1. The van der Waals surface area contributed by atoms with E-state index in [1.54, 1.807) is 4.90 Å². The summed E-state index contributed by atoms with van der Waals surface area (Å²) >= 11 is 3.19. The van der Waals surface area contributed by atoms with Crippen LogP contribution in [0.2, 0.25) is 0 Å². The maximum atomic E-state index is 13.3. The third-order valence-electron chi connectivity index (χ3n) is 3.38. The first-order chi connectivity index (χ1) is 9.02. The molecule has 1 aliphatic rings. The van der Waals surface area contributed by atoms with Gasteiger partial charge in [0.2, 0.25) is 0 Å². The van der Waals surface area contributed by atoms with Crippen LogP contribution >= 0.6 is 15.9 Å². The molecule has 0 aliphatic carbocycles. The zero-order valence-electron chi connectivity index (χ0n) is 10.4. The van der Waals surface area contributed by atoms with Gasteiger partial charge in [-0.1, -0.05) is 0 Å². The normalized spacial score (nSPS) is 19.5. The predicted molar refractivity (Wildman–Crippen MR) is 74.2 cm³/mol. The molecule has 3 N–H and O–H groups in total. The highest BCUT2D eigenvalue weighted by Gasteiger charge is 2.25. The number of nitrogens with two attached hydrogens (primary N) is 1. The molecule has 0 spiro atoms. The number of piperidine rings is 1. The molecule has 104 valence electrons. The summed E-state index contributed by atoms with van der Waals surface area (Å²) in [7, 11) is 0. The van der Waals surface area contributed by atoms with Gasteiger partial charge in [0, 0.05) is 24.2 Å². The second kappa shape index (κ2) is 5.88. The van der Waals surface area contributed by atoms with Gasteiger partial charge in [-0.3, -0.25) is 4.79 Å². The van der Waals surface area contributed by atoms with Gasteiger partial charge in [-0.15, -0.1) is 0 Å². The van der Waals surface area contributed by atoms with Crippen molar-refractivity contribution in [3.8, 4) is 0 Å². The van der Waals surface area contributed by atoms with Gasteiger partial charge in [0.25, 0.3) is 5.91 Å². The van der Waals surface area contributed by atoms with E-state index in [2.05, 4.69) is 15.9 Å². The molecular formula is C13H16BrFN2O2. The molecule has 1 atom stereocenters. The maximum Gasteiger partial charge on any atom is 0.255 e. The minimum absolute atomic E-state index is 0.0396. The van der Waals surface area contributed by atoms with E-state index in [1.165, 1.54) is 12.1 Å². The summed E-state index contributed by atoms with van der Waals surface area (Å²) in [6.45, 7) is 1.26. The van der Waals surface area contributed by atoms with Crippen LogP contribution in [0.4, 0.5) is 10.1 Å². The first-order valence-electron chi connectivity index (χ1n) is 6.17. The van der Waals surface area contributed by atoms with Crippen molar-refractivity contribution in [2.24, 2.45) is 5.92 Å². The van der Waals surface area contributed by atoms with Crippen molar-refractivity contribution in [2.45, 2.75) is 12.8 Å². The Morgan fingerprint density at radius 1 is 1.58 bits per heavy atom. The molecule has 1 unspecified atom stereocenters. The summed E-state index contributed by atoms with van der Waals surface area (Å²) in [6.07, 6.45) is 1.79. The molecule has 1 heterocycles. The van der Waals surface area contributed by atoms with Crippen LogP contribution < -0.4 is 5.73 Å². The van der Waals surface area contributed by atoms with Crippen LogP contribution in [0.15, 0.2) is 16.6 Å². The lowest BCUT2D eigenvalue weighted by Crippen LogP contribution is -2.41. The van der Waals surface area contributed by atoms with Crippen LogP contribution in [0.1, 0.15) is 23.2 Å². The van der Waals surface area contributed by atoms with Crippen LogP contribution in [0, 0.1) is 11.7 Å². The Morgan fingerprint density at radius 2 is 2.32 bits per heavy atom. The van der Waals surface area contributed by atoms with Crippen molar-refractivity contribution in [3.05, 3.63) is 28.0 Å². The fraction of sp³-hybridized carbons (Fsp3) is 0.462. The zero-order valence-corrected chi connectivity index (χ0v) is 12.0. The molecule has 0 bridgehead atoms. The SMILES string of the molecule is Nc1cc(C(=O)N2CCCC(CO)C2)c(Br)cc1F. The summed E-state index contributed by atoms with van der Waals surface area (Å²) in [4.78, 5) is 14.1. The molecule has 2 rings (SSSR count). The third-order valence-corrected chi connectivity index (χ3v) is 4.04. The van der Waals surface area contributed by atoms with Crippen LogP contribution in [0.25, 0.3) is 0 Å². The smallest absolute Gasteiger partial charge is 0.255 e. The number of halogens is 2. The second-order valence-corrected chi connectivity index (χ2v) is 5.65. The van der Waals surface area contributed by atoms with Gasteiger partial charge in [0.1, 0.15) is 5.82 Å². The van der Waals surface area contributed by atoms with E-state index in [1.807, 2.05) is 0 Å². The molecule has 4 nitrogen and oxygen atoms in total. The van der Waals surface area contributed by atoms with Crippen LogP contribution in [0.3, 0.4) is 0 Å². The van der Waals surface area contributed by atoms with E-state index in [4.69, 9.17) is 5.73 Å². The molecule has 19 heavy (non-hydrogen) atoms. The molecule has 1 saturated heterocycles. The summed E-state index contributed by atoms with van der Waals surface area (Å²) in [6, 6.07) is 2.56. The molecule has 1 amide bonds. The van der Waals surface area contributed by atoms with E-state index in [0.717, 1.165) is 12.8 Å². The third kappa shape index (κ3) is 3.06. The largest absolute Gasteiger partial charge is 0.396 e. The number of anilines is 1. The van der Waals surface area contributed by atoms with Gasteiger partial charge in [-0.05, 0) is 46.8 Å². The summed E-state index contributed by atoms with van der Waals surface area (Å²) in [5.74, 6) is -0.610. The maximum absolute atomic E-state index is 13.3. The van der Waals surface area contributed by atoms with Crippen molar-refractivity contribution < 1.29 is 14.3 Å². The Bertz CT molecular complexity index is 496. The van der Waals surface area contributed by atoms with Gasteiger partial charge in [-0.2, -0.15) is 0 Å². The number of aliphatic hydroxyl groups is 1. The average molecular weight is 331 g/mol. The fourth-order valence-corrected chi connectivity index (χ4v) is 2.78. The van der Waals surface area contributed by atoms with Gasteiger partial charge in [0.05, 0.1) is 11.3 Å². The first kappa shape index (κ1) is 14.3. The van der Waals surface area contributed by atoms with Crippen molar-refractivity contribution >= 4 is 27.5 Å². The zero-order chi connectivity index (χ0) is 14.0. The van der Waals surface area contributed by atoms with E-state index >= 15 is 0 Å². The number of nitrogen functional groups attached to an aromatic ring is 1. The first-order valence-corrected chi connectivity index (χ1v) is 6.97. The lowest BCUT2D eigenvalue weighted by atomic mass is 9.98. The lowest BCUT2D eigenvalue weighted by Gasteiger charge is -2.32. The Morgan fingerprint density at radius 3 is 3.00 bits per heavy atom. The molecule has 1 aromatic carbocycles. The minimum Gasteiger partial charge on any atom is -0.396 e. The van der Waals surface area contributed by atoms with Gasteiger partial charge in [-0.25, -0.2) is 4.39 Å². The van der Waals surface area contributed by atoms with E-state index in [9.17, 15) is 14.3 Å². The molecule has 0 aromatic heterocycles. The van der Waals surface area contributed by atoms with Crippen molar-refractivity contribution in [2.75, 3.05) is 25.4 Å². The molecule has 6 heteroatoms. The molecule has 0 radical (unpaired) electrons. The highest BCUT2D eigenvalue weighted by Crippen LogP contribution is 2.26. The quantitative estimate of drug-likeness (QED) is 0.815. The highest BCUT2D eigenvalue weighted by atomic mass is 79.9. The Hall–Kier alpha value is -1.14. The minimum atomic E-state index is -0.546. The van der Waals surface area contributed by atoms with E-state index in [0.29, 0.717) is 23.1 Å². The van der Waals surface area contributed by atoms with Crippen LogP contribution in [-0.4, -0.2) is 35.6 Å². The number of aliphatic hydroxyl groups excluding tert-OH is 1. The second-order valence-electron chi connectivity index (χ2n) is 4.80. The van der Waals surface area contributed by atoms with Gasteiger partial charge in [0.15, 0.2) is 0 Å². The number of likely N-dealkylation sites (tertiary alicyclic amines) is 1. The predicted octanol–water partition coefficient (Wildman–Crippen LogP) is 2.01. The van der Waals surface area contributed by atoms with E-state index < -0.39 is 5.82 Å². The lowest BCUT2D eigenvalue weighted by molar-refractivity contribution is 0.0620. The summed E-state index contributed by atoms with van der Waals surface area (Å²) in [5, 5.41) is 9.18. The summed E-state index contributed by atoms with van der Waals surface area (Å²) < 4.78 is 13.7. The number of rotatable bonds is 2. The monoisotopic (exact) mass is 330 g/mol. The topological polar surface area (TPSA) is 66.6 Å². The Labute approximate surface area is 119 Å². The van der Waals surface area contributed by atoms with Crippen molar-refractivity contribution in [3.63, 3.8) is 0 Å². The van der Waals surface area contributed by atoms with Crippen molar-refractivity contribution in [1.29, 1.82) is 0 Å². The number of amides is 1. The number of hydrogen-bond acceptors (Lipinski definition) is 3. The average Bonchev–Trinajstić information content (AvgIpc) is 2.42. The van der Waals surface area contributed by atoms with Gasteiger partial charge < -0.3 is 15.7 Å². The molecule has 1 aliphatic heterocycles. The standard InChI is InChI=1S/C13H16BrFN2O2/c14-10-5-11(15)12(16)4-9(10)13(19)17-3-1-2-8(6-17)7-18/h4-5,8,18H,1-3,6-7,16H2. The number of carbonyl (C=O) groups is 1. The number of nitrogens with zero attached hydrogens (tertiary/aromatic N) is 1. The molecule has 1 fully saturated rings. The Kier molecular flexibility index (Phi) is 4.42. The van der Waals surface area contributed by atoms with E-state index in [-0.39, 0.29) is 24.1 Å².